The second-order valence-corrected chi connectivity index (χ2v) is 8.22. The maximum absolute atomic E-state index is 6.07. The lowest BCUT2D eigenvalue weighted by molar-refractivity contribution is 0.311. The van der Waals surface area contributed by atoms with E-state index in [9.17, 15) is 0 Å². The van der Waals surface area contributed by atoms with Crippen LogP contribution in [0.25, 0.3) is 21.7 Å². The molecule has 1 aromatic heterocycles. The van der Waals surface area contributed by atoms with Gasteiger partial charge in [0.05, 0.1) is 30.5 Å². The molecule has 0 spiro atoms. The Balaban J connectivity index is 1.60. The molecule has 7 heteroatoms. The molecule has 0 saturated carbocycles. The Morgan fingerprint density at radius 2 is 1.78 bits per heavy atom. The standard InChI is InChI=1S/C25H22ClN3O2S/c1-3-31-22-15-17(9-14-21(22)30-2)16-27-29-25-28-23(18-10-12-20(26)13-11-18)24(32-25)19-7-5-4-6-8-19/h4-16H,3H2,1-2H3,(H,28,29)/b27-16+. The molecule has 5 nitrogen and oxygen atoms in total. The molecule has 0 aliphatic heterocycles. The molecule has 162 valence electrons. The number of hydrogen-bond donors (Lipinski definition) is 1. The maximum Gasteiger partial charge on any atom is 0.204 e. The highest BCUT2D eigenvalue weighted by Crippen LogP contribution is 2.39. The Bertz CT molecular complexity index is 1210. The fourth-order valence-corrected chi connectivity index (χ4v) is 4.23. The summed E-state index contributed by atoms with van der Waals surface area (Å²) in [4.78, 5) is 5.86. The monoisotopic (exact) mass is 463 g/mol. The minimum absolute atomic E-state index is 0.560. The number of thiazole rings is 1. The van der Waals surface area contributed by atoms with Crippen LogP contribution in [0, 0.1) is 0 Å². The fourth-order valence-electron chi connectivity index (χ4n) is 3.16. The fraction of sp³-hybridized carbons (Fsp3) is 0.120. The van der Waals surface area contributed by atoms with Crippen LogP contribution in [0.2, 0.25) is 5.02 Å². The van der Waals surface area contributed by atoms with Crippen molar-refractivity contribution < 1.29 is 9.47 Å². The Hall–Kier alpha value is -3.35. The molecule has 0 aliphatic carbocycles. The van der Waals surface area contributed by atoms with E-state index in [0.29, 0.717) is 28.3 Å². The van der Waals surface area contributed by atoms with E-state index >= 15 is 0 Å². The summed E-state index contributed by atoms with van der Waals surface area (Å²) in [7, 11) is 1.62. The summed E-state index contributed by atoms with van der Waals surface area (Å²) < 4.78 is 11.0. The predicted octanol–water partition coefficient (Wildman–Crippen LogP) is 6.98. The van der Waals surface area contributed by atoms with Gasteiger partial charge >= 0.3 is 0 Å². The Morgan fingerprint density at radius 3 is 2.50 bits per heavy atom. The first-order valence-electron chi connectivity index (χ1n) is 10.1. The lowest BCUT2D eigenvalue weighted by atomic mass is 10.1. The molecule has 4 aromatic rings. The summed E-state index contributed by atoms with van der Waals surface area (Å²) in [6.45, 7) is 2.50. The van der Waals surface area contributed by atoms with Gasteiger partial charge in [0.15, 0.2) is 11.5 Å². The van der Waals surface area contributed by atoms with Crippen LogP contribution in [0.3, 0.4) is 0 Å². The summed E-state index contributed by atoms with van der Waals surface area (Å²) in [5.41, 5.74) is 6.94. The van der Waals surface area contributed by atoms with Crippen LogP contribution in [0.5, 0.6) is 11.5 Å². The summed E-state index contributed by atoms with van der Waals surface area (Å²) in [5.74, 6) is 1.38. The zero-order valence-electron chi connectivity index (χ0n) is 17.7. The van der Waals surface area contributed by atoms with Gasteiger partial charge < -0.3 is 9.47 Å². The molecule has 0 atom stereocenters. The van der Waals surface area contributed by atoms with Crippen LogP contribution in [0.1, 0.15) is 12.5 Å². The summed E-state index contributed by atoms with van der Waals surface area (Å²) in [5, 5.41) is 5.77. The molecule has 0 radical (unpaired) electrons. The average molecular weight is 464 g/mol. The first-order valence-corrected chi connectivity index (χ1v) is 11.3. The second-order valence-electron chi connectivity index (χ2n) is 6.78. The topological polar surface area (TPSA) is 55.7 Å². The smallest absolute Gasteiger partial charge is 0.204 e. The van der Waals surface area contributed by atoms with Crippen LogP contribution in [0.4, 0.5) is 5.13 Å². The number of ether oxygens (including phenoxy) is 2. The molecule has 4 rings (SSSR count). The summed E-state index contributed by atoms with van der Waals surface area (Å²) >= 11 is 7.62. The number of hydrazone groups is 1. The van der Waals surface area contributed by atoms with E-state index in [0.717, 1.165) is 27.3 Å². The minimum Gasteiger partial charge on any atom is -0.493 e. The molecule has 0 saturated heterocycles. The van der Waals surface area contributed by atoms with E-state index in [-0.39, 0.29) is 0 Å². The first-order chi connectivity index (χ1) is 15.7. The van der Waals surface area contributed by atoms with Crippen LogP contribution in [-0.2, 0) is 0 Å². The number of methoxy groups -OCH3 is 1. The van der Waals surface area contributed by atoms with Crippen molar-refractivity contribution in [2.75, 3.05) is 19.1 Å². The van der Waals surface area contributed by atoms with E-state index in [1.165, 1.54) is 0 Å². The second kappa shape index (κ2) is 10.3. The lowest BCUT2D eigenvalue weighted by Gasteiger charge is -2.09. The van der Waals surface area contributed by atoms with Gasteiger partial charge in [-0.25, -0.2) is 4.98 Å². The Morgan fingerprint density at radius 1 is 1.00 bits per heavy atom. The van der Waals surface area contributed by atoms with Gasteiger partial charge in [0.25, 0.3) is 0 Å². The van der Waals surface area contributed by atoms with Gasteiger partial charge in [0, 0.05) is 10.6 Å². The third kappa shape index (κ3) is 5.10. The van der Waals surface area contributed by atoms with Crippen molar-refractivity contribution in [3.63, 3.8) is 0 Å². The Kier molecular flexibility index (Phi) is 7.04. The molecule has 3 aromatic carbocycles. The largest absolute Gasteiger partial charge is 0.493 e. The van der Waals surface area contributed by atoms with E-state index < -0.39 is 0 Å². The lowest BCUT2D eigenvalue weighted by Crippen LogP contribution is -1.97. The number of nitrogens with zero attached hydrogens (tertiary/aromatic N) is 2. The molecular weight excluding hydrogens is 442 g/mol. The number of rotatable bonds is 8. The molecule has 0 aliphatic rings. The van der Waals surface area contributed by atoms with Crippen molar-refractivity contribution in [2.24, 2.45) is 5.10 Å². The SMILES string of the molecule is CCOc1cc(/C=N/Nc2nc(-c3ccc(Cl)cc3)c(-c3ccccc3)s2)ccc1OC. The van der Waals surface area contributed by atoms with Gasteiger partial charge in [0.1, 0.15) is 0 Å². The molecule has 0 unspecified atom stereocenters. The van der Waals surface area contributed by atoms with Crippen molar-refractivity contribution in [3.8, 4) is 33.2 Å². The van der Waals surface area contributed by atoms with Gasteiger partial charge in [-0.15, -0.1) is 0 Å². The zero-order valence-corrected chi connectivity index (χ0v) is 19.3. The normalized spacial score (nSPS) is 11.0. The highest BCUT2D eigenvalue weighted by Gasteiger charge is 2.15. The number of hydrogen-bond acceptors (Lipinski definition) is 6. The van der Waals surface area contributed by atoms with E-state index in [2.05, 4.69) is 22.7 Å². The zero-order chi connectivity index (χ0) is 22.3. The van der Waals surface area contributed by atoms with Gasteiger partial charge in [-0.1, -0.05) is 65.4 Å². The predicted molar refractivity (Wildman–Crippen MR) is 133 cm³/mol. The van der Waals surface area contributed by atoms with Crippen molar-refractivity contribution in [1.82, 2.24) is 4.98 Å². The number of nitrogens with one attached hydrogen (secondary N) is 1. The number of anilines is 1. The maximum atomic E-state index is 6.07. The van der Waals surface area contributed by atoms with E-state index in [1.54, 1.807) is 24.7 Å². The highest BCUT2D eigenvalue weighted by molar-refractivity contribution is 7.19. The van der Waals surface area contributed by atoms with Crippen LogP contribution < -0.4 is 14.9 Å². The van der Waals surface area contributed by atoms with Crippen molar-refractivity contribution in [2.45, 2.75) is 6.92 Å². The minimum atomic E-state index is 0.560. The molecule has 1 heterocycles. The van der Waals surface area contributed by atoms with E-state index in [4.69, 9.17) is 26.1 Å². The van der Waals surface area contributed by atoms with Crippen LogP contribution in [0.15, 0.2) is 77.9 Å². The molecule has 0 fully saturated rings. The molecular formula is C25H22ClN3O2S. The quantitative estimate of drug-likeness (QED) is 0.226. The number of aromatic nitrogens is 1. The number of halogens is 1. The average Bonchev–Trinajstić information content (AvgIpc) is 3.25. The summed E-state index contributed by atoms with van der Waals surface area (Å²) in [6, 6.07) is 23.6. The van der Waals surface area contributed by atoms with Crippen molar-refractivity contribution in [3.05, 3.63) is 83.4 Å². The van der Waals surface area contributed by atoms with Crippen LogP contribution >= 0.6 is 22.9 Å². The van der Waals surface area contributed by atoms with Crippen molar-refractivity contribution in [1.29, 1.82) is 0 Å². The van der Waals surface area contributed by atoms with Crippen molar-refractivity contribution >= 4 is 34.3 Å². The van der Waals surface area contributed by atoms with Gasteiger partial charge in [-0.2, -0.15) is 5.10 Å². The summed E-state index contributed by atoms with van der Waals surface area (Å²) in [6.07, 6.45) is 1.73. The van der Waals surface area contributed by atoms with Gasteiger partial charge in [-0.05, 0) is 48.4 Å². The molecule has 1 N–H and O–H groups in total. The first kappa shape index (κ1) is 21.9. The van der Waals surface area contributed by atoms with Gasteiger partial charge in [0.2, 0.25) is 5.13 Å². The number of benzene rings is 3. The van der Waals surface area contributed by atoms with Crippen LogP contribution in [-0.4, -0.2) is 24.9 Å². The molecule has 32 heavy (non-hydrogen) atoms. The third-order valence-electron chi connectivity index (χ3n) is 4.64. The van der Waals surface area contributed by atoms with E-state index in [1.807, 2.05) is 67.6 Å². The van der Waals surface area contributed by atoms with Gasteiger partial charge in [-0.3, -0.25) is 5.43 Å². The third-order valence-corrected chi connectivity index (χ3v) is 5.90. The molecule has 0 amide bonds. The Labute approximate surface area is 196 Å². The highest BCUT2D eigenvalue weighted by atomic mass is 35.5. The molecule has 0 bridgehead atoms.